The van der Waals surface area contributed by atoms with Gasteiger partial charge in [-0.15, -0.1) is 0 Å². The van der Waals surface area contributed by atoms with Gasteiger partial charge in [-0.3, -0.25) is 0 Å². The van der Waals surface area contributed by atoms with Crippen molar-refractivity contribution in [1.29, 1.82) is 0 Å². The number of hydrogen-bond acceptors (Lipinski definition) is 1. The molecule has 0 aliphatic heterocycles. The van der Waals surface area contributed by atoms with Crippen LogP contribution in [0.1, 0.15) is 23.5 Å². The number of carbonyl (C=O) groups excluding carboxylic acids is 1. The number of halogens is 3. The zero-order chi connectivity index (χ0) is 13.6. The van der Waals surface area contributed by atoms with Crippen LogP contribution < -0.4 is 0 Å². The summed E-state index contributed by atoms with van der Waals surface area (Å²) in [5, 5.41) is 1.05. The Hall–Kier alpha value is -1.38. The predicted molar refractivity (Wildman–Crippen MR) is 74.4 cm³/mol. The smallest absolute Gasteiger partial charge is 0.123 e. The second kappa shape index (κ2) is 4.62. The van der Waals surface area contributed by atoms with Crippen LogP contribution in [0.3, 0.4) is 0 Å². The van der Waals surface area contributed by atoms with Crippen LogP contribution in [0.4, 0.5) is 4.39 Å². The molecule has 1 aliphatic rings. The lowest BCUT2D eigenvalue weighted by atomic mass is 9.94. The van der Waals surface area contributed by atoms with E-state index in [9.17, 15) is 9.18 Å². The van der Waals surface area contributed by atoms with Gasteiger partial charge in [0.2, 0.25) is 0 Å². The average molecular weight is 295 g/mol. The lowest BCUT2D eigenvalue weighted by Crippen LogP contribution is -1.98. The fourth-order valence-electron chi connectivity index (χ4n) is 2.73. The van der Waals surface area contributed by atoms with E-state index in [2.05, 4.69) is 0 Å². The molecule has 19 heavy (non-hydrogen) atoms. The third-order valence-electron chi connectivity index (χ3n) is 3.45. The molecule has 4 heteroatoms. The van der Waals surface area contributed by atoms with Gasteiger partial charge in [-0.05, 0) is 46.5 Å². The summed E-state index contributed by atoms with van der Waals surface area (Å²) < 4.78 is 13.4. The zero-order valence-electron chi connectivity index (χ0n) is 9.79. The molecule has 0 spiro atoms. The summed E-state index contributed by atoms with van der Waals surface area (Å²) in [6.07, 6.45) is 1.12. The highest BCUT2D eigenvalue weighted by Gasteiger charge is 2.31. The average Bonchev–Trinajstić information content (AvgIpc) is 2.64. The third-order valence-corrected chi connectivity index (χ3v) is 3.98. The second-order valence-corrected chi connectivity index (χ2v) is 5.38. The van der Waals surface area contributed by atoms with E-state index in [-0.39, 0.29) is 18.2 Å². The highest BCUT2D eigenvalue weighted by Crippen LogP contribution is 2.50. The van der Waals surface area contributed by atoms with Gasteiger partial charge < -0.3 is 4.79 Å². The van der Waals surface area contributed by atoms with Crippen LogP contribution in [-0.2, 0) is 4.79 Å². The van der Waals surface area contributed by atoms with E-state index < -0.39 is 0 Å². The molecule has 0 fully saturated rings. The molecular weight excluding hydrogens is 286 g/mol. The normalized spacial score (nSPS) is 16.1. The molecule has 0 amide bonds. The van der Waals surface area contributed by atoms with E-state index in [1.54, 1.807) is 12.1 Å². The zero-order valence-corrected chi connectivity index (χ0v) is 11.3. The van der Waals surface area contributed by atoms with Crippen molar-refractivity contribution in [3.05, 3.63) is 57.3 Å². The molecule has 0 saturated heterocycles. The molecule has 3 rings (SSSR count). The van der Waals surface area contributed by atoms with Crippen molar-refractivity contribution in [2.24, 2.45) is 0 Å². The number of aldehydes is 1. The Bertz CT molecular complexity index is 682. The summed E-state index contributed by atoms with van der Waals surface area (Å²) in [5.41, 5.74) is 3.44. The van der Waals surface area contributed by atoms with Gasteiger partial charge in [0.25, 0.3) is 0 Å². The molecule has 0 N–H and O–H groups in total. The summed E-state index contributed by atoms with van der Waals surface area (Å²) in [5.74, 6) is -0.507. The summed E-state index contributed by atoms with van der Waals surface area (Å²) in [6, 6.07) is 8.04. The summed E-state index contributed by atoms with van der Waals surface area (Å²) in [4.78, 5) is 10.9. The number of fused-ring (bicyclic) bond motifs is 3. The molecule has 0 bridgehead atoms. The Balaban J connectivity index is 2.31. The lowest BCUT2D eigenvalue weighted by molar-refractivity contribution is -0.108. The fourth-order valence-corrected chi connectivity index (χ4v) is 3.35. The maximum absolute atomic E-state index is 13.4. The van der Waals surface area contributed by atoms with Crippen molar-refractivity contribution < 1.29 is 9.18 Å². The van der Waals surface area contributed by atoms with Gasteiger partial charge in [0.15, 0.2) is 0 Å². The fraction of sp³-hybridized carbons (Fsp3) is 0.133. The van der Waals surface area contributed by atoms with Crippen molar-refractivity contribution in [3.8, 4) is 11.1 Å². The summed E-state index contributed by atoms with van der Waals surface area (Å²) in [6.45, 7) is 0. The molecule has 2 aromatic rings. The lowest BCUT2D eigenvalue weighted by Gasteiger charge is -2.11. The van der Waals surface area contributed by atoms with E-state index in [1.807, 2.05) is 6.07 Å². The van der Waals surface area contributed by atoms with Gasteiger partial charge in [0.1, 0.15) is 12.1 Å². The Morgan fingerprint density at radius 1 is 1.16 bits per heavy atom. The van der Waals surface area contributed by atoms with Crippen LogP contribution in [0.25, 0.3) is 11.1 Å². The van der Waals surface area contributed by atoms with Crippen molar-refractivity contribution >= 4 is 29.5 Å². The van der Waals surface area contributed by atoms with E-state index >= 15 is 0 Å². The molecule has 0 saturated carbocycles. The topological polar surface area (TPSA) is 17.1 Å². The minimum absolute atomic E-state index is 0.192. The summed E-state index contributed by atoms with van der Waals surface area (Å²) >= 11 is 12.3. The molecular formula is C15H9Cl2FO. The highest BCUT2D eigenvalue weighted by atomic mass is 35.5. The maximum atomic E-state index is 13.4. The first-order valence-electron chi connectivity index (χ1n) is 5.84. The SMILES string of the molecule is O=CC[C@@H]1c2cc(F)ccc2-c2cc(Cl)cc(Cl)c21. The first-order valence-corrected chi connectivity index (χ1v) is 6.60. The van der Waals surface area contributed by atoms with E-state index in [0.29, 0.717) is 10.0 Å². The highest BCUT2D eigenvalue weighted by molar-refractivity contribution is 6.36. The van der Waals surface area contributed by atoms with Gasteiger partial charge in [-0.25, -0.2) is 4.39 Å². The minimum Gasteiger partial charge on any atom is -0.303 e. The number of rotatable bonds is 2. The monoisotopic (exact) mass is 294 g/mol. The molecule has 96 valence electrons. The summed E-state index contributed by atoms with van der Waals surface area (Å²) in [7, 11) is 0. The van der Waals surface area contributed by atoms with Crippen LogP contribution in [0.2, 0.25) is 10.0 Å². The molecule has 0 unspecified atom stereocenters. The molecule has 0 aromatic heterocycles. The largest absolute Gasteiger partial charge is 0.303 e. The Morgan fingerprint density at radius 2 is 1.95 bits per heavy atom. The van der Waals surface area contributed by atoms with Gasteiger partial charge >= 0.3 is 0 Å². The van der Waals surface area contributed by atoms with Crippen LogP contribution in [0.5, 0.6) is 0 Å². The van der Waals surface area contributed by atoms with E-state index in [0.717, 1.165) is 28.5 Å². The first-order chi connectivity index (χ1) is 9.11. The predicted octanol–water partition coefficient (Wildman–Crippen LogP) is 4.83. The third kappa shape index (κ3) is 1.96. The second-order valence-electron chi connectivity index (χ2n) is 4.54. The standard InChI is InChI=1S/C15H9Cl2FO/c16-8-5-13-10-2-1-9(18)7-12(10)11(3-4-19)15(13)14(17)6-8/h1-2,4-7,11H,3H2/t11-/m1/s1. The number of carbonyl (C=O) groups is 1. The molecule has 2 aromatic carbocycles. The molecule has 1 atom stereocenters. The van der Waals surface area contributed by atoms with Crippen molar-refractivity contribution in [2.75, 3.05) is 0 Å². The Kier molecular flexibility index (Phi) is 3.08. The van der Waals surface area contributed by atoms with Crippen molar-refractivity contribution in [1.82, 2.24) is 0 Å². The van der Waals surface area contributed by atoms with E-state index in [1.165, 1.54) is 12.1 Å². The quantitative estimate of drug-likeness (QED) is 0.725. The molecule has 0 radical (unpaired) electrons. The minimum atomic E-state index is -0.315. The van der Waals surface area contributed by atoms with Crippen LogP contribution in [0.15, 0.2) is 30.3 Å². The maximum Gasteiger partial charge on any atom is 0.123 e. The van der Waals surface area contributed by atoms with Gasteiger partial charge in [0, 0.05) is 22.4 Å². The first kappa shape index (κ1) is 12.6. The molecule has 1 nitrogen and oxygen atoms in total. The van der Waals surface area contributed by atoms with Crippen molar-refractivity contribution in [3.63, 3.8) is 0 Å². The molecule has 1 aliphatic carbocycles. The number of benzene rings is 2. The Labute approximate surface area is 120 Å². The van der Waals surface area contributed by atoms with Crippen molar-refractivity contribution in [2.45, 2.75) is 12.3 Å². The molecule has 0 heterocycles. The van der Waals surface area contributed by atoms with Crippen LogP contribution in [-0.4, -0.2) is 6.29 Å². The van der Waals surface area contributed by atoms with Crippen LogP contribution >= 0.6 is 23.2 Å². The van der Waals surface area contributed by atoms with E-state index in [4.69, 9.17) is 23.2 Å². The van der Waals surface area contributed by atoms with Gasteiger partial charge in [-0.2, -0.15) is 0 Å². The van der Waals surface area contributed by atoms with Gasteiger partial charge in [-0.1, -0.05) is 29.3 Å². The van der Waals surface area contributed by atoms with Crippen LogP contribution in [0, 0.1) is 5.82 Å². The van der Waals surface area contributed by atoms with Gasteiger partial charge in [0.05, 0.1) is 0 Å². The number of hydrogen-bond donors (Lipinski definition) is 0. The Morgan fingerprint density at radius 3 is 2.68 bits per heavy atom.